The molecule has 0 amide bonds. The number of unbranched alkanes of at least 4 members (excludes halogenated alkanes) is 8. The molecule has 0 rings (SSSR count). The first-order valence-electron chi connectivity index (χ1n) is 27.8. The first kappa shape index (κ1) is 91.8. The van der Waals surface area contributed by atoms with E-state index in [4.69, 9.17) is 0 Å². The number of thiol groups is 4. The van der Waals surface area contributed by atoms with E-state index in [0.717, 1.165) is 92.8 Å². The van der Waals surface area contributed by atoms with Gasteiger partial charge in [0.05, 0.1) is 23.9 Å². The van der Waals surface area contributed by atoms with Gasteiger partial charge < -0.3 is 53.1 Å². The zero-order valence-corrected chi connectivity index (χ0v) is 60.2. The molecule has 23 heteroatoms. The monoisotopic (exact) mass is 1430 g/mol. The average molecular weight is 1430 g/mol. The SMILES string of the molecule is CC(C)CCCCCC(S)C(=O)[O-].CC(C)CCCCCC(S)C(=O)[O-].CC(C)CCCCCC(S)C(=O)[O-].CC(C)CCCCCC(S)C(=O)[O-].COC(=O)C[CH2][Sn+2][CH2]CC(=O)OC.COC(=O)C[CH2][Sn+2][CH2]CC(=O)OC.[S-2]. The number of esters is 4. The van der Waals surface area contributed by atoms with E-state index in [2.05, 4.69) is 125 Å². The minimum Gasteiger partial charge on any atom is -2.00 e. The van der Waals surface area contributed by atoms with Crippen molar-refractivity contribution in [2.24, 2.45) is 23.7 Å². The summed E-state index contributed by atoms with van der Waals surface area (Å²) in [6.45, 7) is 17.6. The van der Waals surface area contributed by atoms with Crippen molar-refractivity contribution < 1.29 is 77.7 Å². The molecular weight excluding hydrogens is 1330 g/mol. The summed E-state index contributed by atoms with van der Waals surface area (Å²) in [6.07, 6.45) is 22.3. The third-order valence-corrected chi connectivity index (χ3v) is 19.8. The number of ether oxygens (including phenoxy) is 4. The maximum absolute atomic E-state index is 10.7. The Bertz CT molecular complexity index is 1270. The van der Waals surface area contributed by atoms with Gasteiger partial charge >= 0.3 is 176 Å². The van der Waals surface area contributed by atoms with Crippen molar-refractivity contribution in [2.75, 3.05) is 28.4 Å². The van der Waals surface area contributed by atoms with Gasteiger partial charge in [-0.25, -0.2) is 0 Å². The number of carboxylic acids is 4. The molecule has 4 unspecified atom stereocenters. The zero-order chi connectivity index (χ0) is 61.3. The second-order valence-electron chi connectivity index (χ2n) is 20.3. The smallest absolute Gasteiger partial charge is 2.00 e. The molecule has 0 saturated heterocycles. The summed E-state index contributed by atoms with van der Waals surface area (Å²) < 4.78 is 21.7. The second-order valence-corrected chi connectivity index (χ2v) is 31.3. The molecular formula is C56H104O16S5Sn2-2. The van der Waals surface area contributed by atoms with E-state index in [9.17, 15) is 58.8 Å². The van der Waals surface area contributed by atoms with Crippen molar-refractivity contribution in [3.05, 3.63) is 0 Å². The molecule has 0 N–H and O–H groups in total. The molecule has 0 aromatic carbocycles. The van der Waals surface area contributed by atoms with E-state index in [1.165, 1.54) is 79.8 Å². The van der Waals surface area contributed by atoms with Crippen molar-refractivity contribution in [1.29, 1.82) is 0 Å². The molecule has 16 nitrogen and oxygen atoms in total. The van der Waals surface area contributed by atoms with Gasteiger partial charge in [0.15, 0.2) is 0 Å². The Balaban J connectivity index is -0.000000157. The molecule has 464 valence electrons. The second kappa shape index (κ2) is 67.9. The van der Waals surface area contributed by atoms with Crippen LogP contribution in [0, 0.1) is 23.7 Å². The molecule has 0 aromatic heterocycles. The fraction of sp³-hybridized carbons (Fsp3) is 0.857. The van der Waals surface area contributed by atoms with E-state index in [1.54, 1.807) is 0 Å². The van der Waals surface area contributed by atoms with Crippen molar-refractivity contribution >= 4 is 154 Å². The third-order valence-electron chi connectivity index (χ3n) is 11.1. The minimum atomic E-state index is -1.05. The van der Waals surface area contributed by atoms with Crippen LogP contribution in [0.15, 0.2) is 0 Å². The standard InChI is InChI=1S/4C10H20O2S.4C4H7O2.S.2Sn/c4*1-8(2)6-4-3-5-7-9(13)10(11)12;4*1-3-4(5)6-2;;;/h4*8-9,13H,3-7H2,1-2H3,(H,11,12);4*1,3H2,2H3;;;/q;;;;;;;;-2;2*+2/p-4. The van der Waals surface area contributed by atoms with Gasteiger partial charge in [-0.15, -0.1) is 0 Å². The van der Waals surface area contributed by atoms with Crippen LogP contribution in [0.25, 0.3) is 0 Å². The van der Waals surface area contributed by atoms with Crippen LogP contribution in [-0.2, 0) is 70.8 Å². The van der Waals surface area contributed by atoms with E-state index < -0.39 is 87.2 Å². The summed E-state index contributed by atoms with van der Waals surface area (Å²) in [5, 5.41) is 38.8. The van der Waals surface area contributed by atoms with Crippen LogP contribution in [0.3, 0.4) is 0 Å². The fourth-order valence-electron chi connectivity index (χ4n) is 6.16. The molecule has 0 aromatic rings. The fourth-order valence-corrected chi connectivity index (χ4v) is 12.7. The predicted molar refractivity (Wildman–Crippen MR) is 327 cm³/mol. The van der Waals surface area contributed by atoms with Gasteiger partial charge in [0.25, 0.3) is 0 Å². The number of rotatable bonds is 40. The van der Waals surface area contributed by atoms with Gasteiger partial charge in [-0.2, -0.15) is 50.5 Å². The van der Waals surface area contributed by atoms with Gasteiger partial charge in [-0.3, -0.25) is 0 Å². The van der Waals surface area contributed by atoms with Gasteiger partial charge in [-0.05, 0) is 49.4 Å². The molecule has 79 heavy (non-hydrogen) atoms. The Morgan fingerprint density at radius 1 is 0.316 bits per heavy atom. The number of hydrogen-bond donors (Lipinski definition) is 4. The molecule has 0 aliphatic rings. The number of methoxy groups -OCH3 is 4. The van der Waals surface area contributed by atoms with Crippen molar-refractivity contribution in [2.45, 2.75) is 248 Å². The van der Waals surface area contributed by atoms with E-state index in [1.807, 2.05) is 0 Å². The molecule has 0 spiro atoms. The molecule has 0 fully saturated rings. The molecule has 0 saturated carbocycles. The number of hydrogen-bond acceptors (Lipinski definition) is 20. The first-order valence-corrected chi connectivity index (χ1v) is 37.9. The van der Waals surface area contributed by atoms with Crippen molar-refractivity contribution in [1.82, 2.24) is 0 Å². The Labute approximate surface area is 527 Å². The summed E-state index contributed by atoms with van der Waals surface area (Å²) in [5.74, 6) is -1.84. The normalized spacial score (nSPS) is 11.6. The molecule has 0 aliphatic heterocycles. The number of carbonyl (C=O) groups is 8. The van der Waals surface area contributed by atoms with Crippen LogP contribution in [0.1, 0.15) is 209 Å². The van der Waals surface area contributed by atoms with Crippen LogP contribution in [0.4, 0.5) is 0 Å². The van der Waals surface area contributed by atoms with Crippen LogP contribution in [0.5, 0.6) is 0 Å². The summed E-state index contributed by atoms with van der Waals surface area (Å²) in [4.78, 5) is 83.8. The Hall–Kier alpha value is -0.893. The first-order chi connectivity index (χ1) is 36.6. The molecule has 0 heterocycles. The minimum absolute atomic E-state index is 0. The van der Waals surface area contributed by atoms with Crippen LogP contribution in [-0.4, -0.2) is 139 Å². The average Bonchev–Trinajstić information content (AvgIpc) is 3.37. The molecule has 0 aliphatic carbocycles. The van der Waals surface area contributed by atoms with Crippen LogP contribution in [0.2, 0.25) is 17.7 Å². The summed E-state index contributed by atoms with van der Waals surface area (Å²) in [7, 11) is 5.56. The quantitative estimate of drug-likeness (QED) is 0.0149. The Morgan fingerprint density at radius 2 is 0.468 bits per heavy atom. The van der Waals surface area contributed by atoms with Crippen molar-refractivity contribution in [3.63, 3.8) is 0 Å². The van der Waals surface area contributed by atoms with E-state index >= 15 is 0 Å². The topological polar surface area (TPSA) is 266 Å². The maximum atomic E-state index is 10.7. The van der Waals surface area contributed by atoms with Gasteiger partial charge in [-0.1, -0.05) is 158 Å². The van der Waals surface area contributed by atoms with Gasteiger partial charge in [0.1, 0.15) is 0 Å². The summed E-state index contributed by atoms with van der Waals surface area (Å²) >= 11 is 14.5. The third kappa shape index (κ3) is 86.0. The van der Waals surface area contributed by atoms with E-state index in [0.29, 0.717) is 51.4 Å². The summed E-state index contributed by atoms with van der Waals surface area (Å²) in [6, 6.07) is 0. The zero-order valence-electron chi connectivity index (χ0n) is 50.1. The van der Waals surface area contributed by atoms with Crippen LogP contribution < -0.4 is 20.4 Å². The molecule has 4 atom stereocenters. The Kier molecular flexibility index (Phi) is 78.9. The number of carbonyl (C=O) groups excluding carboxylic acids is 8. The molecule has 0 bridgehead atoms. The Morgan fingerprint density at radius 3 is 0.595 bits per heavy atom. The summed E-state index contributed by atoms with van der Waals surface area (Å²) in [5.41, 5.74) is 0. The maximum Gasteiger partial charge on any atom is -2.00 e. The van der Waals surface area contributed by atoms with Crippen LogP contribution >= 0.6 is 50.5 Å². The van der Waals surface area contributed by atoms with Gasteiger partial charge in [0, 0.05) is 21.0 Å². The largest absolute Gasteiger partial charge is 2.00 e. The van der Waals surface area contributed by atoms with Gasteiger partial charge in [0.2, 0.25) is 0 Å². The molecule has 0 radical (unpaired) electrons. The van der Waals surface area contributed by atoms with Crippen molar-refractivity contribution in [3.8, 4) is 0 Å². The van der Waals surface area contributed by atoms with E-state index in [-0.39, 0.29) is 37.4 Å². The predicted octanol–water partition coefficient (Wildman–Crippen LogP) is 7.87. The number of carboxylic acid groups (broad SMARTS) is 4. The number of aliphatic carboxylic acids is 4.